The summed E-state index contributed by atoms with van der Waals surface area (Å²) in [6, 6.07) is 15.5. The molecule has 0 amide bonds. The van der Waals surface area contributed by atoms with E-state index >= 15 is 0 Å². The monoisotopic (exact) mass is 366 g/mol. The maximum atomic E-state index is 12.1. The minimum atomic E-state index is 0.195. The molecule has 2 nitrogen and oxygen atoms in total. The third-order valence-corrected chi connectivity index (χ3v) is 3.91. The van der Waals surface area contributed by atoms with Gasteiger partial charge in [-0.05, 0) is 52.8 Å². The third-order valence-electron chi connectivity index (χ3n) is 2.97. The van der Waals surface area contributed by atoms with Crippen molar-refractivity contribution in [1.29, 1.82) is 0 Å². The molecule has 19 heavy (non-hydrogen) atoms. The topological polar surface area (TPSA) is 26.3 Å². The molecule has 0 fully saturated rings. The minimum absolute atomic E-state index is 0.195. The molecule has 2 rings (SSSR count). The fourth-order valence-corrected chi connectivity index (χ4v) is 2.56. The van der Waals surface area contributed by atoms with Gasteiger partial charge in [-0.1, -0.05) is 30.3 Å². The number of ketones is 1. The van der Waals surface area contributed by atoms with E-state index in [1.54, 1.807) is 7.11 Å². The Kier molecular flexibility index (Phi) is 4.96. The van der Waals surface area contributed by atoms with Crippen molar-refractivity contribution in [3.05, 3.63) is 63.2 Å². The lowest BCUT2D eigenvalue weighted by atomic mass is 10.0. The summed E-state index contributed by atoms with van der Waals surface area (Å²) in [5, 5.41) is 0. The number of hydrogen-bond acceptors (Lipinski definition) is 2. The Morgan fingerprint density at radius 2 is 1.79 bits per heavy atom. The smallest absolute Gasteiger partial charge is 0.164 e. The molecule has 0 bridgehead atoms. The number of halogens is 1. The van der Waals surface area contributed by atoms with Crippen LogP contribution in [-0.2, 0) is 6.42 Å². The van der Waals surface area contributed by atoms with Gasteiger partial charge in [-0.2, -0.15) is 0 Å². The molecule has 3 heteroatoms. The first-order valence-electron chi connectivity index (χ1n) is 6.11. The number of carbonyl (C=O) groups is 1. The van der Waals surface area contributed by atoms with Crippen LogP contribution in [0.1, 0.15) is 22.3 Å². The Morgan fingerprint density at radius 3 is 2.42 bits per heavy atom. The van der Waals surface area contributed by atoms with Crippen LogP contribution in [0.5, 0.6) is 5.75 Å². The fourth-order valence-electron chi connectivity index (χ4n) is 1.87. The predicted octanol–water partition coefficient (Wildman–Crippen LogP) is 4.12. The number of carbonyl (C=O) groups excluding carboxylic acids is 1. The van der Waals surface area contributed by atoms with E-state index in [1.165, 1.54) is 0 Å². The zero-order valence-electron chi connectivity index (χ0n) is 10.7. The van der Waals surface area contributed by atoms with Gasteiger partial charge >= 0.3 is 0 Å². The van der Waals surface area contributed by atoms with E-state index < -0.39 is 0 Å². The third kappa shape index (κ3) is 3.80. The highest BCUT2D eigenvalue weighted by Crippen LogP contribution is 2.16. The number of benzene rings is 2. The first-order chi connectivity index (χ1) is 9.20. The molecule has 0 aliphatic rings. The summed E-state index contributed by atoms with van der Waals surface area (Å²) in [6.07, 6.45) is 1.29. The van der Waals surface area contributed by atoms with E-state index in [1.807, 2.05) is 48.5 Å². The van der Waals surface area contributed by atoms with Crippen molar-refractivity contribution in [3.63, 3.8) is 0 Å². The lowest BCUT2D eigenvalue weighted by molar-refractivity contribution is 0.0982. The van der Waals surface area contributed by atoms with Crippen LogP contribution >= 0.6 is 22.6 Å². The maximum absolute atomic E-state index is 12.1. The van der Waals surface area contributed by atoms with Gasteiger partial charge in [-0.25, -0.2) is 0 Å². The molecule has 2 aromatic carbocycles. The summed E-state index contributed by atoms with van der Waals surface area (Å²) in [5.41, 5.74) is 1.97. The van der Waals surface area contributed by atoms with Crippen molar-refractivity contribution in [3.8, 4) is 5.75 Å². The lowest BCUT2D eigenvalue weighted by Gasteiger charge is -2.05. The Hall–Kier alpha value is -1.36. The van der Waals surface area contributed by atoms with Crippen molar-refractivity contribution in [1.82, 2.24) is 0 Å². The van der Waals surface area contributed by atoms with E-state index in [9.17, 15) is 4.79 Å². The Morgan fingerprint density at radius 1 is 1.11 bits per heavy atom. The van der Waals surface area contributed by atoms with E-state index in [0.29, 0.717) is 6.42 Å². The highest BCUT2D eigenvalue weighted by molar-refractivity contribution is 14.1. The maximum Gasteiger partial charge on any atom is 0.164 e. The number of methoxy groups -OCH3 is 1. The highest BCUT2D eigenvalue weighted by Gasteiger charge is 2.09. The van der Waals surface area contributed by atoms with Crippen LogP contribution in [0, 0.1) is 3.57 Å². The van der Waals surface area contributed by atoms with Crippen LogP contribution in [0.4, 0.5) is 0 Å². The quantitative estimate of drug-likeness (QED) is 0.588. The fraction of sp³-hybridized carbons (Fsp3) is 0.188. The summed E-state index contributed by atoms with van der Waals surface area (Å²) < 4.78 is 6.13. The zero-order chi connectivity index (χ0) is 13.7. The molecule has 2 aromatic rings. The molecule has 98 valence electrons. The van der Waals surface area contributed by atoms with Crippen molar-refractivity contribution in [2.75, 3.05) is 7.11 Å². The highest BCUT2D eigenvalue weighted by atomic mass is 127. The van der Waals surface area contributed by atoms with Crippen molar-refractivity contribution >= 4 is 28.4 Å². The summed E-state index contributed by atoms with van der Waals surface area (Å²) in [7, 11) is 1.65. The molecule has 0 saturated carbocycles. The average Bonchev–Trinajstić information content (AvgIpc) is 2.46. The predicted molar refractivity (Wildman–Crippen MR) is 84.8 cm³/mol. The van der Waals surface area contributed by atoms with Crippen molar-refractivity contribution in [2.24, 2.45) is 0 Å². The summed E-state index contributed by atoms with van der Waals surface area (Å²) >= 11 is 2.20. The van der Waals surface area contributed by atoms with Crippen molar-refractivity contribution < 1.29 is 9.53 Å². The van der Waals surface area contributed by atoms with Gasteiger partial charge in [0, 0.05) is 15.6 Å². The molecule has 0 unspecified atom stereocenters. The zero-order valence-corrected chi connectivity index (χ0v) is 12.9. The van der Waals surface area contributed by atoms with Crippen LogP contribution in [0.3, 0.4) is 0 Å². The molecular weight excluding hydrogens is 351 g/mol. The largest absolute Gasteiger partial charge is 0.497 e. The molecule has 0 heterocycles. The van der Waals surface area contributed by atoms with E-state index in [0.717, 1.165) is 26.9 Å². The lowest BCUT2D eigenvalue weighted by Crippen LogP contribution is -2.03. The van der Waals surface area contributed by atoms with Crippen molar-refractivity contribution in [2.45, 2.75) is 12.8 Å². The van der Waals surface area contributed by atoms with Gasteiger partial charge in [-0.15, -0.1) is 0 Å². The van der Waals surface area contributed by atoms with Crippen LogP contribution in [0.2, 0.25) is 0 Å². The molecule has 0 aliphatic carbocycles. The second kappa shape index (κ2) is 6.70. The van der Waals surface area contributed by atoms with Crippen LogP contribution in [0.15, 0.2) is 48.5 Å². The van der Waals surface area contributed by atoms with Gasteiger partial charge in [0.15, 0.2) is 5.78 Å². The number of Topliss-reactive ketones (excluding diaryl/α,β-unsaturated/α-hetero) is 1. The van der Waals surface area contributed by atoms with Gasteiger partial charge in [-0.3, -0.25) is 4.79 Å². The van der Waals surface area contributed by atoms with E-state index in [-0.39, 0.29) is 5.78 Å². The standard InChI is InChI=1S/C16H15IO2/c1-19-13-9-6-12(7-10-13)8-11-16(18)14-4-2-3-5-15(14)17/h2-7,9-10H,8,11H2,1H3. The molecule has 0 aromatic heterocycles. The van der Waals surface area contributed by atoms with Gasteiger partial charge in [0.1, 0.15) is 5.75 Å². The van der Waals surface area contributed by atoms with Gasteiger partial charge in [0.25, 0.3) is 0 Å². The van der Waals surface area contributed by atoms with Gasteiger partial charge in [0.05, 0.1) is 7.11 Å². The van der Waals surface area contributed by atoms with Gasteiger partial charge in [0.2, 0.25) is 0 Å². The second-order valence-corrected chi connectivity index (χ2v) is 5.41. The SMILES string of the molecule is COc1ccc(CCC(=O)c2ccccc2I)cc1. The Balaban J connectivity index is 1.98. The second-order valence-electron chi connectivity index (χ2n) is 4.25. The van der Waals surface area contributed by atoms with Crippen LogP contribution < -0.4 is 4.74 Å². The Labute approximate surface area is 126 Å². The number of aryl methyl sites for hydroxylation is 1. The van der Waals surface area contributed by atoms with Gasteiger partial charge < -0.3 is 4.74 Å². The first kappa shape index (κ1) is 14.1. The summed E-state index contributed by atoms with van der Waals surface area (Å²) in [5.74, 6) is 1.04. The minimum Gasteiger partial charge on any atom is -0.497 e. The molecule has 0 atom stereocenters. The molecule has 0 aliphatic heterocycles. The molecular formula is C16H15IO2. The first-order valence-corrected chi connectivity index (χ1v) is 7.19. The number of ether oxygens (including phenoxy) is 1. The van der Waals surface area contributed by atoms with Crippen LogP contribution in [0.25, 0.3) is 0 Å². The van der Waals surface area contributed by atoms with E-state index in [2.05, 4.69) is 22.6 Å². The Bertz CT molecular complexity index is 561. The molecule has 0 N–H and O–H groups in total. The normalized spacial score (nSPS) is 10.2. The summed E-state index contributed by atoms with van der Waals surface area (Å²) in [6.45, 7) is 0. The van der Waals surface area contributed by atoms with E-state index in [4.69, 9.17) is 4.74 Å². The molecule has 0 radical (unpaired) electrons. The molecule has 0 saturated heterocycles. The molecule has 0 spiro atoms. The average molecular weight is 366 g/mol. The number of rotatable bonds is 5. The summed E-state index contributed by atoms with van der Waals surface area (Å²) in [4.78, 5) is 12.1. The van der Waals surface area contributed by atoms with Crippen LogP contribution in [-0.4, -0.2) is 12.9 Å². The number of hydrogen-bond donors (Lipinski definition) is 0.